The van der Waals surface area contributed by atoms with Crippen LogP contribution >= 0.6 is 0 Å². The molecule has 0 radical (unpaired) electrons. The molecule has 0 atom stereocenters. The number of piperidine rings is 1. The predicted octanol–water partition coefficient (Wildman–Crippen LogP) is 4.31. The Morgan fingerprint density at radius 3 is 2.61 bits per heavy atom. The molecule has 0 bridgehead atoms. The van der Waals surface area contributed by atoms with Crippen LogP contribution in [0.15, 0.2) is 36.4 Å². The fourth-order valence-corrected chi connectivity index (χ4v) is 3.26. The first-order valence-electron chi connectivity index (χ1n) is 9.55. The number of likely N-dealkylation sites (tertiary alicyclic amines) is 1. The third-order valence-corrected chi connectivity index (χ3v) is 4.90. The van der Waals surface area contributed by atoms with Crippen LogP contribution in [-0.2, 0) is 6.61 Å². The normalized spacial score (nSPS) is 15.8. The molecule has 6 heteroatoms. The van der Waals surface area contributed by atoms with E-state index < -0.39 is 5.82 Å². The number of hydrogen-bond donors (Lipinski definition) is 0. The monoisotopic (exact) mass is 383 g/mol. The molecule has 5 nitrogen and oxygen atoms in total. The molecule has 0 amide bonds. The molecule has 0 saturated carbocycles. The zero-order chi connectivity index (χ0) is 20.1. The van der Waals surface area contributed by atoms with Gasteiger partial charge in [0.1, 0.15) is 12.7 Å². The summed E-state index contributed by atoms with van der Waals surface area (Å²) in [4.78, 5) is 6.95. The first-order chi connectivity index (χ1) is 13.3. The number of nitrogens with zero attached hydrogens (tertiary/aromatic N) is 3. The molecule has 1 aliphatic rings. The van der Waals surface area contributed by atoms with E-state index in [1.54, 1.807) is 0 Å². The maximum Gasteiger partial charge on any atom is 0.213 e. The molecule has 1 aromatic heterocycles. The van der Waals surface area contributed by atoms with Gasteiger partial charge in [0.15, 0.2) is 11.6 Å². The quantitative estimate of drug-likeness (QED) is 0.770. The van der Waals surface area contributed by atoms with Crippen LogP contribution in [0.3, 0.4) is 0 Å². The van der Waals surface area contributed by atoms with Crippen molar-refractivity contribution in [2.24, 2.45) is 0 Å². The van der Waals surface area contributed by atoms with Crippen molar-refractivity contribution in [2.45, 2.75) is 51.9 Å². The second-order valence-corrected chi connectivity index (χ2v) is 7.99. The summed E-state index contributed by atoms with van der Waals surface area (Å²) in [6, 6.07) is 11.5. The van der Waals surface area contributed by atoms with Gasteiger partial charge in [-0.2, -0.15) is 5.26 Å². The van der Waals surface area contributed by atoms with Crippen molar-refractivity contribution in [1.29, 1.82) is 5.26 Å². The van der Waals surface area contributed by atoms with E-state index in [4.69, 9.17) is 14.7 Å². The Kier molecular flexibility index (Phi) is 6.15. The summed E-state index contributed by atoms with van der Waals surface area (Å²) in [5.74, 6) is 0.106. The van der Waals surface area contributed by atoms with Gasteiger partial charge in [-0.05, 0) is 57.9 Å². The van der Waals surface area contributed by atoms with Gasteiger partial charge in [-0.3, -0.25) is 4.90 Å². The van der Waals surface area contributed by atoms with Crippen molar-refractivity contribution in [1.82, 2.24) is 9.88 Å². The van der Waals surface area contributed by atoms with Gasteiger partial charge in [0, 0.05) is 24.7 Å². The first-order valence-corrected chi connectivity index (χ1v) is 9.55. The minimum absolute atomic E-state index is 0.0988. The van der Waals surface area contributed by atoms with Crippen molar-refractivity contribution in [2.75, 3.05) is 13.1 Å². The van der Waals surface area contributed by atoms with Gasteiger partial charge in [0.25, 0.3) is 0 Å². The standard InChI is InChI=1S/C22H26FN3O2/c1-22(2,3)26-11-9-18(10-12-26)28-21-6-4-5-17(25-21)15-27-20-8-7-16(14-24)13-19(20)23/h4-8,13,18H,9-12,15H2,1-3H3. The second-order valence-electron chi connectivity index (χ2n) is 7.99. The highest BCUT2D eigenvalue weighted by molar-refractivity contribution is 5.36. The highest BCUT2D eigenvalue weighted by atomic mass is 19.1. The smallest absolute Gasteiger partial charge is 0.213 e. The molecular weight excluding hydrogens is 357 g/mol. The van der Waals surface area contributed by atoms with Crippen molar-refractivity contribution in [3.8, 4) is 17.7 Å². The van der Waals surface area contributed by atoms with Crippen LogP contribution in [0.2, 0.25) is 0 Å². The molecular formula is C22H26FN3O2. The maximum atomic E-state index is 13.9. The van der Waals surface area contributed by atoms with E-state index >= 15 is 0 Å². The summed E-state index contributed by atoms with van der Waals surface area (Å²) in [5.41, 5.74) is 1.10. The zero-order valence-electron chi connectivity index (χ0n) is 16.6. The van der Waals surface area contributed by atoms with Crippen LogP contribution in [0, 0.1) is 17.1 Å². The molecule has 2 aromatic rings. The third-order valence-electron chi connectivity index (χ3n) is 4.90. The SMILES string of the molecule is CC(C)(C)N1CCC(Oc2cccc(COc3ccc(C#N)cc3F)n2)CC1. The number of halogens is 1. The van der Waals surface area contributed by atoms with Gasteiger partial charge in [-0.25, -0.2) is 9.37 Å². The Hall–Kier alpha value is -2.65. The average Bonchev–Trinajstić information content (AvgIpc) is 2.67. The van der Waals surface area contributed by atoms with Gasteiger partial charge < -0.3 is 9.47 Å². The second kappa shape index (κ2) is 8.57. The maximum absolute atomic E-state index is 13.9. The number of rotatable bonds is 5. The Morgan fingerprint density at radius 1 is 1.21 bits per heavy atom. The topological polar surface area (TPSA) is 58.4 Å². The zero-order valence-corrected chi connectivity index (χ0v) is 16.6. The molecule has 0 aliphatic carbocycles. The number of ether oxygens (including phenoxy) is 2. The molecule has 0 unspecified atom stereocenters. The number of benzene rings is 1. The molecule has 2 heterocycles. The molecule has 1 aromatic carbocycles. The number of aromatic nitrogens is 1. The molecule has 28 heavy (non-hydrogen) atoms. The van der Waals surface area contributed by atoms with E-state index in [0.29, 0.717) is 11.6 Å². The van der Waals surface area contributed by atoms with E-state index in [1.807, 2.05) is 24.3 Å². The summed E-state index contributed by atoms with van der Waals surface area (Å²) < 4.78 is 25.5. The number of pyridine rings is 1. The van der Waals surface area contributed by atoms with E-state index in [2.05, 4.69) is 30.7 Å². The Balaban J connectivity index is 1.55. The molecule has 0 spiro atoms. The summed E-state index contributed by atoms with van der Waals surface area (Å²) >= 11 is 0. The lowest BCUT2D eigenvalue weighted by Crippen LogP contribution is -2.48. The summed E-state index contributed by atoms with van der Waals surface area (Å²) in [7, 11) is 0. The molecule has 1 fully saturated rings. The minimum atomic E-state index is -0.558. The Bertz CT molecular complexity index is 850. The molecule has 148 valence electrons. The highest BCUT2D eigenvalue weighted by Gasteiger charge is 2.27. The van der Waals surface area contributed by atoms with Gasteiger partial charge in [-0.15, -0.1) is 0 Å². The van der Waals surface area contributed by atoms with Crippen LogP contribution < -0.4 is 9.47 Å². The van der Waals surface area contributed by atoms with Crippen LogP contribution in [0.5, 0.6) is 11.6 Å². The van der Waals surface area contributed by atoms with Crippen molar-refractivity contribution >= 4 is 0 Å². The molecule has 3 rings (SSSR count). The molecule has 0 N–H and O–H groups in total. The summed E-state index contributed by atoms with van der Waals surface area (Å²) in [5, 5.41) is 8.80. The van der Waals surface area contributed by atoms with Gasteiger partial charge in [0.2, 0.25) is 5.88 Å². The Labute approximate surface area is 165 Å². The lowest BCUT2D eigenvalue weighted by Gasteiger charge is -2.40. The minimum Gasteiger partial charge on any atom is -0.484 e. The van der Waals surface area contributed by atoms with E-state index in [1.165, 1.54) is 12.1 Å². The van der Waals surface area contributed by atoms with Gasteiger partial charge in [0.05, 0.1) is 17.3 Å². The first kappa shape index (κ1) is 20.1. The largest absolute Gasteiger partial charge is 0.484 e. The van der Waals surface area contributed by atoms with E-state index in [9.17, 15) is 4.39 Å². The predicted molar refractivity (Wildman–Crippen MR) is 105 cm³/mol. The lowest BCUT2D eigenvalue weighted by molar-refractivity contribution is 0.0470. The Morgan fingerprint density at radius 2 is 1.96 bits per heavy atom. The average molecular weight is 383 g/mol. The molecule has 1 saturated heterocycles. The van der Waals surface area contributed by atoms with Crippen molar-refractivity contribution < 1.29 is 13.9 Å². The van der Waals surface area contributed by atoms with Gasteiger partial charge in [-0.1, -0.05) is 6.07 Å². The molecule has 1 aliphatic heterocycles. The fourth-order valence-electron chi connectivity index (χ4n) is 3.26. The van der Waals surface area contributed by atoms with E-state index in [-0.39, 0.29) is 29.6 Å². The van der Waals surface area contributed by atoms with E-state index in [0.717, 1.165) is 32.0 Å². The summed E-state index contributed by atoms with van der Waals surface area (Å²) in [6.07, 6.45) is 2.09. The van der Waals surface area contributed by atoms with Gasteiger partial charge >= 0.3 is 0 Å². The highest BCUT2D eigenvalue weighted by Crippen LogP contribution is 2.23. The van der Waals surface area contributed by atoms with Crippen LogP contribution in [0.25, 0.3) is 0 Å². The van der Waals surface area contributed by atoms with Crippen LogP contribution in [0.1, 0.15) is 44.9 Å². The van der Waals surface area contributed by atoms with Crippen molar-refractivity contribution in [3.05, 3.63) is 53.5 Å². The lowest BCUT2D eigenvalue weighted by atomic mass is 9.99. The van der Waals surface area contributed by atoms with Crippen molar-refractivity contribution in [3.63, 3.8) is 0 Å². The van der Waals surface area contributed by atoms with Crippen LogP contribution in [0.4, 0.5) is 4.39 Å². The third kappa shape index (κ3) is 5.20. The number of hydrogen-bond acceptors (Lipinski definition) is 5. The fraction of sp³-hybridized carbons (Fsp3) is 0.455. The van der Waals surface area contributed by atoms with Crippen LogP contribution in [-0.4, -0.2) is 34.6 Å². The summed E-state index contributed by atoms with van der Waals surface area (Å²) in [6.45, 7) is 8.84. The number of nitriles is 1.